The van der Waals surface area contributed by atoms with Crippen LogP contribution in [0.5, 0.6) is 0 Å². The van der Waals surface area contributed by atoms with Gasteiger partial charge in [-0.25, -0.2) is 4.79 Å². The average molecular weight is 268 g/mol. The van der Waals surface area contributed by atoms with E-state index >= 15 is 0 Å². The monoisotopic (exact) mass is 268 g/mol. The molecule has 6 atom stereocenters. The molecule has 1 fully saturated rings. The Hall–Kier alpha value is -0.810. The summed E-state index contributed by atoms with van der Waals surface area (Å²) >= 11 is 0. The lowest BCUT2D eigenvalue weighted by atomic mass is 9.99. The molecule has 1 heterocycles. The van der Waals surface area contributed by atoms with Crippen molar-refractivity contribution in [2.45, 2.75) is 36.8 Å². The maximum atomic E-state index is 10.3. The molecule has 0 spiro atoms. The number of ether oxygens (including phenoxy) is 2. The first-order valence-corrected chi connectivity index (χ1v) is 5.21. The predicted octanol–water partition coefficient (Wildman–Crippen LogP) is -3.75. The molecular formula is C9H16O9. The van der Waals surface area contributed by atoms with Crippen LogP contribution in [0.3, 0.4) is 0 Å². The van der Waals surface area contributed by atoms with Crippen molar-refractivity contribution in [2.75, 3.05) is 13.2 Å². The van der Waals surface area contributed by atoms with Crippen molar-refractivity contribution >= 4 is 5.97 Å². The lowest BCUT2D eigenvalue weighted by Crippen LogP contribution is -2.59. The molecule has 0 bridgehead atoms. The average Bonchev–Trinajstić information content (AvgIpc) is 2.34. The minimum atomic E-state index is -1.81. The number of hydrogen-bond acceptors (Lipinski definition) is 8. The molecule has 6 N–H and O–H groups in total. The second-order valence-electron chi connectivity index (χ2n) is 3.88. The van der Waals surface area contributed by atoms with Crippen LogP contribution < -0.4 is 0 Å². The lowest BCUT2D eigenvalue weighted by Gasteiger charge is -2.39. The van der Waals surface area contributed by atoms with Gasteiger partial charge in [0.25, 0.3) is 0 Å². The Morgan fingerprint density at radius 3 is 2.33 bits per heavy atom. The normalized spacial score (nSPS) is 38.4. The van der Waals surface area contributed by atoms with Crippen LogP contribution in [0.4, 0.5) is 0 Å². The van der Waals surface area contributed by atoms with Crippen molar-refractivity contribution in [1.82, 2.24) is 0 Å². The fraction of sp³-hybridized carbons (Fsp3) is 0.889. The van der Waals surface area contributed by atoms with Gasteiger partial charge in [0.05, 0.1) is 13.2 Å². The summed E-state index contributed by atoms with van der Waals surface area (Å²) in [6.45, 7) is -1.29. The number of carboxylic acid groups (broad SMARTS) is 1. The van der Waals surface area contributed by atoms with Crippen LogP contribution in [-0.2, 0) is 14.3 Å². The van der Waals surface area contributed by atoms with E-state index in [2.05, 4.69) is 0 Å². The van der Waals surface area contributed by atoms with Crippen LogP contribution in [0.15, 0.2) is 0 Å². The van der Waals surface area contributed by atoms with E-state index < -0.39 is 56.0 Å². The summed E-state index contributed by atoms with van der Waals surface area (Å²) in [6, 6.07) is 0. The minimum Gasteiger partial charge on any atom is -0.479 e. The van der Waals surface area contributed by atoms with Gasteiger partial charge < -0.3 is 40.1 Å². The van der Waals surface area contributed by atoms with Gasteiger partial charge in [0.1, 0.15) is 24.4 Å². The molecule has 0 aromatic rings. The molecule has 9 heteroatoms. The Bertz CT molecular complexity index is 281. The second-order valence-corrected chi connectivity index (χ2v) is 3.88. The largest absolute Gasteiger partial charge is 0.479 e. The van der Waals surface area contributed by atoms with Crippen molar-refractivity contribution in [1.29, 1.82) is 0 Å². The molecule has 0 amide bonds. The summed E-state index contributed by atoms with van der Waals surface area (Å²) < 4.78 is 9.71. The summed E-state index contributed by atoms with van der Waals surface area (Å²) in [7, 11) is 0. The third-order valence-corrected chi connectivity index (χ3v) is 2.55. The summed E-state index contributed by atoms with van der Waals surface area (Å²) in [6.07, 6.45) is -9.15. The third kappa shape index (κ3) is 3.36. The van der Waals surface area contributed by atoms with Crippen molar-refractivity contribution in [3.63, 3.8) is 0 Å². The van der Waals surface area contributed by atoms with E-state index in [0.29, 0.717) is 0 Å². The van der Waals surface area contributed by atoms with Crippen molar-refractivity contribution in [3.05, 3.63) is 0 Å². The smallest absolute Gasteiger partial charge is 0.334 e. The molecule has 0 aliphatic carbocycles. The Balaban J connectivity index is 2.56. The number of carbonyl (C=O) groups is 1. The van der Waals surface area contributed by atoms with E-state index in [-0.39, 0.29) is 0 Å². The first kappa shape index (κ1) is 15.2. The highest BCUT2D eigenvalue weighted by Gasteiger charge is 2.44. The molecular weight excluding hydrogens is 252 g/mol. The molecule has 0 radical (unpaired) electrons. The molecule has 1 aliphatic heterocycles. The van der Waals surface area contributed by atoms with Crippen molar-refractivity contribution < 1.29 is 44.9 Å². The number of aliphatic carboxylic acids is 1. The highest BCUT2D eigenvalue weighted by atomic mass is 16.7. The molecule has 1 rings (SSSR count). The predicted molar refractivity (Wildman–Crippen MR) is 53.4 cm³/mol. The highest BCUT2D eigenvalue weighted by Crippen LogP contribution is 2.21. The summed E-state index contributed by atoms with van der Waals surface area (Å²) in [5.41, 5.74) is 0. The van der Waals surface area contributed by atoms with Crippen LogP contribution in [0, 0.1) is 0 Å². The van der Waals surface area contributed by atoms with Gasteiger partial charge in [-0.1, -0.05) is 0 Å². The molecule has 1 aliphatic rings. The zero-order valence-electron chi connectivity index (χ0n) is 9.29. The fourth-order valence-electron chi connectivity index (χ4n) is 1.46. The topological polar surface area (TPSA) is 157 Å². The van der Waals surface area contributed by atoms with Crippen LogP contribution in [0.1, 0.15) is 0 Å². The van der Waals surface area contributed by atoms with Crippen molar-refractivity contribution in [2.24, 2.45) is 0 Å². The highest BCUT2D eigenvalue weighted by molar-refractivity contribution is 5.71. The van der Waals surface area contributed by atoms with E-state index in [1.807, 2.05) is 0 Å². The Morgan fingerprint density at radius 2 is 1.83 bits per heavy atom. The van der Waals surface area contributed by atoms with E-state index in [4.69, 9.17) is 24.8 Å². The summed E-state index contributed by atoms with van der Waals surface area (Å²) in [5, 5.41) is 54.6. The molecule has 106 valence electrons. The van der Waals surface area contributed by atoms with Gasteiger partial charge in [0.15, 0.2) is 12.4 Å². The van der Waals surface area contributed by atoms with E-state index in [1.165, 1.54) is 0 Å². The van der Waals surface area contributed by atoms with Crippen molar-refractivity contribution in [3.8, 4) is 0 Å². The Morgan fingerprint density at radius 1 is 1.22 bits per heavy atom. The number of aliphatic hydroxyl groups excluding tert-OH is 5. The summed E-state index contributed by atoms with van der Waals surface area (Å²) in [5.74, 6) is -1.51. The molecule has 18 heavy (non-hydrogen) atoms. The zero-order chi connectivity index (χ0) is 13.9. The lowest BCUT2D eigenvalue weighted by molar-refractivity contribution is -0.304. The van der Waals surface area contributed by atoms with Gasteiger partial charge in [-0.05, 0) is 0 Å². The number of aliphatic hydroxyl groups is 5. The Kier molecular flexibility index (Phi) is 5.41. The standard InChI is InChI=1S/C9H16O9/c10-1-4-5(12)6(13)7(14)9(18-4)17-2-3(11)8(15)16/h3-7,9-14H,1-2H2,(H,15,16)/t3-,4-,5-,6+,7+,9-/m1/s1. The molecule has 0 aromatic heterocycles. The second kappa shape index (κ2) is 6.38. The van der Waals surface area contributed by atoms with Crippen LogP contribution in [-0.4, -0.2) is 86.6 Å². The first-order valence-electron chi connectivity index (χ1n) is 5.21. The van der Waals surface area contributed by atoms with Gasteiger partial charge in [-0.2, -0.15) is 0 Å². The maximum Gasteiger partial charge on any atom is 0.334 e. The Labute approximate surface area is 102 Å². The van der Waals surface area contributed by atoms with Crippen LogP contribution >= 0.6 is 0 Å². The SMILES string of the molecule is O=C(O)[C@H](O)CO[C@@H]1O[C@H](CO)[C@@H](O)[C@H](O)[C@@H]1O. The van der Waals surface area contributed by atoms with E-state index in [9.17, 15) is 20.1 Å². The molecule has 1 saturated heterocycles. The minimum absolute atomic E-state index is 0.619. The molecule has 0 aromatic carbocycles. The van der Waals surface area contributed by atoms with Crippen LogP contribution in [0.2, 0.25) is 0 Å². The first-order chi connectivity index (χ1) is 8.38. The number of carboxylic acids is 1. The third-order valence-electron chi connectivity index (χ3n) is 2.55. The number of rotatable bonds is 5. The summed E-state index contributed by atoms with van der Waals surface area (Å²) in [4.78, 5) is 10.3. The van der Waals surface area contributed by atoms with Gasteiger partial charge in [0, 0.05) is 0 Å². The van der Waals surface area contributed by atoms with Gasteiger partial charge >= 0.3 is 5.97 Å². The van der Waals surface area contributed by atoms with E-state index in [1.54, 1.807) is 0 Å². The van der Waals surface area contributed by atoms with Gasteiger partial charge in [0.2, 0.25) is 0 Å². The molecule has 0 unspecified atom stereocenters. The number of hydrogen-bond donors (Lipinski definition) is 6. The van der Waals surface area contributed by atoms with E-state index in [0.717, 1.165) is 0 Å². The fourth-order valence-corrected chi connectivity index (χ4v) is 1.46. The maximum absolute atomic E-state index is 10.3. The zero-order valence-corrected chi connectivity index (χ0v) is 9.29. The van der Waals surface area contributed by atoms with Crippen LogP contribution in [0.25, 0.3) is 0 Å². The molecule has 9 nitrogen and oxygen atoms in total. The molecule has 0 saturated carbocycles. The van der Waals surface area contributed by atoms with Gasteiger partial charge in [-0.3, -0.25) is 0 Å². The quantitative estimate of drug-likeness (QED) is 0.294. The van der Waals surface area contributed by atoms with Gasteiger partial charge in [-0.15, -0.1) is 0 Å².